The molecule has 0 fully saturated rings. The van der Waals surface area contributed by atoms with Gasteiger partial charge in [0.1, 0.15) is 5.82 Å². The van der Waals surface area contributed by atoms with Gasteiger partial charge in [-0.25, -0.2) is 0 Å². The fourth-order valence-electron chi connectivity index (χ4n) is 3.75. The maximum Gasteiger partial charge on any atom is 0.282 e. The Kier molecular flexibility index (Phi) is 4.62. The van der Waals surface area contributed by atoms with Crippen molar-refractivity contribution < 1.29 is 14.4 Å². The van der Waals surface area contributed by atoms with Crippen molar-refractivity contribution in [3.8, 4) is 22.9 Å². The molecule has 5 rings (SSSR count). The molecule has 9 heteroatoms. The molecule has 0 amide bonds. The molecule has 3 aromatic rings. The number of aryl methyl sites for hydroxylation is 1. The van der Waals surface area contributed by atoms with E-state index < -0.39 is 4.92 Å². The van der Waals surface area contributed by atoms with Gasteiger partial charge in [-0.1, -0.05) is 6.42 Å². The largest absolute Gasteiger partial charge is 0.454 e. The maximum absolute atomic E-state index is 11.4. The molecule has 0 saturated carbocycles. The number of benzene rings is 2. The van der Waals surface area contributed by atoms with Crippen LogP contribution in [0, 0.1) is 10.1 Å². The van der Waals surface area contributed by atoms with E-state index in [0.717, 1.165) is 43.0 Å². The van der Waals surface area contributed by atoms with Gasteiger partial charge in [-0.3, -0.25) is 15.1 Å². The summed E-state index contributed by atoms with van der Waals surface area (Å²) in [7, 11) is 0. The van der Waals surface area contributed by atoms with Gasteiger partial charge in [0.2, 0.25) is 6.79 Å². The third-order valence-electron chi connectivity index (χ3n) is 5.31. The summed E-state index contributed by atoms with van der Waals surface area (Å²) >= 11 is 0. The zero-order chi connectivity index (χ0) is 20.5. The third kappa shape index (κ3) is 3.38. The fourth-order valence-corrected chi connectivity index (χ4v) is 3.75. The molecule has 0 unspecified atom stereocenters. The quantitative estimate of drug-likeness (QED) is 0.368. The summed E-state index contributed by atoms with van der Waals surface area (Å²) in [4.78, 5) is 15.3. The molecule has 2 aliphatic rings. The molecule has 152 valence electrons. The van der Waals surface area contributed by atoms with Crippen LogP contribution in [0.4, 0.5) is 11.4 Å². The summed E-state index contributed by atoms with van der Waals surface area (Å²) in [5.41, 5.74) is 1.94. The first-order valence-corrected chi connectivity index (χ1v) is 9.84. The summed E-state index contributed by atoms with van der Waals surface area (Å²) in [6.07, 6.45) is 5.93. The number of fused-ring (bicyclic) bond motifs is 2. The van der Waals surface area contributed by atoms with Crippen molar-refractivity contribution in [1.82, 2.24) is 14.8 Å². The van der Waals surface area contributed by atoms with Crippen LogP contribution in [0.3, 0.4) is 0 Å². The Morgan fingerprint density at radius 3 is 2.67 bits per heavy atom. The number of aliphatic imine (C=N–C) groups is 1. The highest BCUT2D eigenvalue weighted by molar-refractivity contribution is 5.88. The molecule has 0 spiro atoms. The second kappa shape index (κ2) is 7.58. The van der Waals surface area contributed by atoms with E-state index in [0.29, 0.717) is 22.7 Å². The predicted octanol–water partition coefficient (Wildman–Crippen LogP) is 4.06. The molecule has 0 radical (unpaired) electrons. The molecule has 0 saturated heterocycles. The number of aromatic nitrogens is 3. The smallest absolute Gasteiger partial charge is 0.282 e. The monoisotopic (exact) mass is 405 g/mol. The van der Waals surface area contributed by atoms with Gasteiger partial charge >= 0.3 is 0 Å². The van der Waals surface area contributed by atoms with E-state index >= 15 is 0 Å². The summed E-state index contributed by atoms with van der Waals surface area (Å²) in [5, 5.41) is 20.1. The minimum Gasteiger partial charge on any atom is -0.454 e. The van der Waals surface area contributed by atoms with Crippen molar-refractivity contribution in [2.24, 2.45) is 4.99 Å². The summed E-state index contributed by atoms with van der Waals surface area (Å²) < 4.78 is 12.7. The number of ether oxygens (including phenoxy) is 2. The van der Waals surface area contributed by atoms with E-state index in [9.17, 15) is 10.1 Å². The van der Waals surface area contributed by atoms with Crippen molar-refractivity contribution in [2.75, 3.05) is 6.79 Å². The Labute approximate surface area is 172 Å². The zero-order valence-corrected chi connectivity index (χ0v) is 16.2. The SMILES string of the molecule is O=[N+]([O-])c1cc2c(cc1C=Nc1ccc(-c3nnc4n3CCCCC4)cc1)OCO2. The predicted molar refractivity (Wildman–Crippen MR) is 109 cm³/mol. The fraction of sp³-hybridized carbons (Fsp3) is 0.286. The normalized spacial score (nSPS) is 15.2. The molecule has 0 bridgehead atoms. The van der Waals surface area contributed by atoms with Gasteiger partial charge < -0.3 is 14.0 Å². The van der Waals surface area contributed by atoms with Crippen LogP contribution >= 0.6 is 0 Å². The van der Waals surface area contributed by atoms with E-state index in [1.54, 1.807) is 6.07 Å². The Morgan fingerprint density at radius 1 is 1.07 bits per heavy atom. The molecule has 0 N–H and O–H groups in total. The standard InChI is InChI=1S/C21H19N5O4/c27-26(28)17-11-19-18(29-13-30-19)10-15(17)12-22-16-7-5-14(6-8-16)21-24-23-20-4-2-1-3-9-25(20)21/h5-8,10-12H,1-4,9,13H2. The van der Waals surface area contributed by atoms with E-state index in [4.69, 9.17) is 9.47 Å². The van der Waals surface area contributed by atoms with E-state index in [2.05, 4.69) is 19.8 Å². The lowest BCUT2D eigenvalue weighted by molar-refractivity contribution is -0.385. The second-order valence-electron chi connectivity index (χ2n) is 7.23. The van der Waals surface area contributed by atoms with Gasteiger partial charge in [0.15, 0.2) is 17.3 Å². The number of hydrogen-bond acceptors (Lipinski definition) is 7. The Morgan fingerprint density at radius 2 is 1.87 bits per heavy atom. The van der Waals surface area contributed by atoms with Crippen LogP contribution in [0.15, 0.2) is 41.4 Å². The van der Waals surface area contributed by atoms with Gasteiger partial charge in [-0.2, -0.15) is 0 Å². The lowest BCUT2D eigenvalue weighted by atomic mass is 10.1. The average Bonchev–Trinajstić information content (AvgIpc) is 3.32. The average molecular weight is 405 g/mol. The highest BCUT2D eigenvalue weighted by Gasteiger charge is 2.22. The topological polar surface area (TPSA) is 105 Å². The third-order valence-corrected chi connectivity index (χ3v) is 5.31. The van der Waals surface area contributed by atoms with Crippen LogP contribution in [-0.4, -0.2) is 32.7 Å². The van der Waals surface area contributed by atoms with Crippen molar-refractivity contribution in [3.63, 3.8) is 0 Å². The second-order valence-corrected chi connectivity index (χ2v) is 7.23. The van der Waals surface area contributed by atoms with Crippen LogP contribution in [0.5, 0.6) is 11.5 Å². The van der Waals surface area contributed by atoms with E-state index in [1.807, 2.05) is 24.3 Å². The van der Waals surface area contributed by atoms with Crippen LogP contribution in [-0.2, 0) is 13.0 Å². The van der Waals surface area contributed by atoms with Crippen molar-refractivity contribution in [1.29, 1.82) is 0 Å². The lowest BCUT2D eigenvalue weighted by Gasteiger charge is -2.07. The van der Waals surface area contributed by atoms with Crippen molar-refractivity contribution in [2.45, 2.75) is 32.2 Å². The molecule has 0 aliphatic carbocycles. The van der Waals surface area contributed by atoms with E-state index in [-0.39, 0.29) is 12.5 Å². The number of nitro benzene ring substituents is 1. The van der Waals surface area contributed by atoms with E-state index in [1.165, 1.54) is 18.7 Å². The number of rotatable bonds is 4. The van der Waals surface area contributed by atoms with Crippen molar-refractivity contribution in [3.05, 3.63) is 57.9 Å². The summed E-state index contributed by atoms with van der Waals surface area (Å²) in [6.45, 7) is 0.992. The van der Waals surface area contributed by atoms with Gasteiger partial charge in [0.25, 0.3) is 5.69 Å². The zero-order valence-electron chi connectivity index (χ0n) is 16.2. The first-order chi connectivity index (χ1) is 14.7. The van der Waals surface area contributed by atoms with Crippen LogP contribution in [0.1, 0.15) is 30.7 Å². The molecular formula is C21H19N5O4. The summed E-state index contributed by atoms with van der Waals surface area (Å²) in [6, 6.07) is 10.6. The van der Waals surface area contributed by atoms with Crippen LogP contribution in [0.2, 0.25) is 0 Å². The van der Waals surface area contributed by atoms with Gasteiger partial charge in [0.05, 0.1) is 22.2 Å². The first kappa shape index (κ1) is 18.3. The number of nitro groups is 1. The number of hydrogen-bond donors (Lipinski definition) is 0. The molecule has 2 aromatic carbocycles. The maximum atomic E-state index is 11.4. The Hall–Kier alpha value is -3.75. The van der Waals surface area contributed by atoms with Crippen molar-refractivity contribution >= 4 is 17.6 Å². The molecule has 0 atom stereocenters. The van der Waals surface area contributed by atoms with Crippen LogP contribution in [0.25, 0.3) is 11.4 Å². The molecule has 2 aliphatic heterocycles. The molecule has 1 aromatic heterocycles. The van der Waals surface area contributed by atoms with Gasteiger partial charge in [0, 0.05) is 24.7 Å². The number of nitrogens with zero attached hydrogens (tertiary/aromatic N) is 5. The van der Waals surface area contributed by atoms with Gasteiger partial charge in [-0.05, 0) is 43.2 Å². The minimum atomic E-state index is -0.455. The lowest BCUT2D eigenvalue weighted by Crippen LogP contribution is -2.02. The molecule has 9 nitrogen and oxygen atoms in total. The molecule has 30 heavy (non-hydrogen) atoms. The molecule has 3 heterocycles. The van der Waals surface area contributed by atoms with Gasteiger partial charge in [-0.15, -0.1) is 10.2 Å². The molecular weight excluding hydrogens is 386 g/mol. The first-order valence-electron chi connectivity index (χ1n) is 9.84. The highest BCUT2D eigenvalue weighted by Crippen LogP contribution is 2.37. The Balaban J connectivity index is 1.40. The van der Waals surface area contributed by atoms with Crippen LogP contribution < -0.4 is 9.47 Å². The summed E-state index contributed by atoms with van der Waals surface area (Å²) in [5.74, 6) is 2.76. The highest BCUT2D eigenvalue weighted by atomic mass is 16.7. The Bertz CT molecular complexity index is 1140. The minimum absolute atomic E-state index is 0.0564.